The number of aliphatic carboxylic acids is 1. The Morgan fingerprint density at radius 3 is 2.00 bits per heavy atom. The van der Waals surface area contributed by atoms with Crippen LogP contribution >= 0.6 is 0 Å². The van der Waals surface area contributed by atoms with Crippen LogP contribution in [0.15, 0.2) is 12.3 Å². The zero-order valence-electron chi connectivity index (χ0n) is 9.41. The highest BCUT2D eigenvalue weighted by atomic mass is 16.4. The number of aliphatic hydroxyl groups is 1. The fraction of sp³-hybridized carbons (Fsp3) is 0.769. The number of carboxylic acids is 1. The summed E-state index contributed by atoms with van der Waals surface area (Å²) in [5.74, 6) is 0.543. The van der Waals surface area contributed by atoms with Crippen molar-refractivity contribution in [3.63, 3.8) is 0 Å². The molecule has 2 atom stereocenters. The van der Waals surface area contributed by atoms with E-state index in [4.69, 9.17) is 0 Å². The number of hydrogen-bond acceptors (Lipinski definition) is 2. The summed E-state index contributed by atoms with van der Waals surface area (Å²) in [6.07, 6.45) is 5.30. The van der Waals surface area contributed by atoms with Crippen LogP contribution in [0.5, 0.6) is 0 Å². The van der Waals surface area contributed by atoms with Gasteiger partial charge in [-0.25, -0.2) is 0 Å². The molecular formula is C13H18O3. The van der Waals surface area contributed by atoms with Crippen molar-refractivity contribution < 1.29 is 15.0 Å². The first-order valence-corrected chi connectivity index (χ1v) is 6.08. The lowest BCUT2D eigenvalue weighted by Crippen LogP contribution is -2.55. The first kappa shape index (κ1) is 10.2. The second kappa shape index (κ2) is 2.82. The van der Waals surface area contributed by atoms with Gasteiger partial charge < -0.3 is 10.2 Å². The van der Waals surface area contributed by atoms with Crippen molar-refractivity contribution in [1.82, 2.24) is 0 Å². The van der Waals surface area contributed by atoms with E-state index in [1.807, 2.05) is 0 Å². The second-order valence-corrected chi connectivity index (χ2v) is 6.27. The molecule has 88 valence electrons. The van der Waals surface area contributed by atoms with E-state index in [2.05, 4.69) is 6.58 Å². The SMILES string of the molecule is C=C(O)C12CC3CC(C1)CC(C(=O)O)(C3)C2. The van der Waals surface area contributed by atoms with Crippen LogP contribution in [-0.4, -0.2) is 16.2 Å². The molecule has 16 heavy (non-hydrogen) atoms. The first-order valence-electron chi connectivity index (χ1n) is 6.08. The van der Waals surface area contributed by atoms with Crippen molar-refractivity contribution in [2.24, 2.45) is 22.7 Å². The zero-order chi connectivity index (χ0) is 11.6. The van der Waals surface area contributed by atoms with Crippen molar-refractivity contribution in [3.8, 4) is 0 Å². The predicted octanol–water partition coefficient (Wildman–Crippen LogP) is 2.73. The van der Waals surface area contributed by atoms with Gasteiger partial charge in [-0.1, -0.05) is 6.58 Å². The van der Waals surface area contributed by atoms with Crippen LogP contribution in [0.4, 0.5) is 0 Å². The Kier molecular flexibility index (Phi) is 1.79. The number of aliphatic hydroxyl groups excluding tert-OH is 1. The maximum absolute atomic E-state index is 11.5. The molecule has 0 aromatic heterocycles. The molecular weight excluding hydrogens is 204 g/mol. The summed E-state index contributed by atoms with van der Waals surface area (Å²) < 4.78 is 0. The number of carbonyl (C=O) groups is 1. The minimum absolute atomic E-state index is 0.229. The van der Waals surface area contributed by atoms with E-state index < -0.39 is 11.4 Å². The van der Waals surface area contributed by atoms with Gasteiger partial charge in [0.2, 0.25) is 0 Å². The Bertz CT molecular complexity index is 325. The Labute approximate surface area is 95.2 Å². The summed E-state index contributed by atoms with van der Waals surface area (Å²) in [5, 5.41) is 19.3. The lowest BCUT2D eigenvalue weighted by atomic mass is 9.44. The molecule has 4 aliphatic rings. The maximum atomic E-state index is 11.5. The summed E-state index contributed by atoms with van der Waals surface area (Å²) in [7, 11) is 0. The molecule has 3 nitrogen and oxygen atoms in total. The molecule has 2 unspecified atom stereocenters. The van der Waals surface area contributed by atoms with Crippen molar-refractivity contribution in [3.05, 3.63) is 12.3 Å². The molecule has 4 rings (SSSR count). The highest BCUT2D eigenvalue weighted by molar-refractivity contribution is 5.75. The molecule has 0 aromatic carbocycles. The van der Waals surface area contributed by atoms with E-state index in [1.165, 1.54) is 0 Å². The molecule has 0 amide bonds. The summed E-state index contributed by atoms with van der Waals surface area (Å²) >= 11 is 0. The quantitative estimate of drug-likeness (QED) is 0.706. The van der Waals surface area contributed by atoms with Crippen molar-refractivity contribution in [1.29, 1.82) is 0 Å². The van der Waals surface area contributed by atoms with Gasteiger partial charge >= 0.3 is 5.97 Å². The van der Waals surface area contributed by atoms with Gasteiger partial charge in [-0.2, -0.15) is 0 Å². The van der Waals surface area contributed by atoms with E-state index in [1.54, 1.807) is 0 Å². The maximum Gasteiger partial charge on any atom is 0.309 e. The van der Waals surface area contributed by atoms with Gasteiger partial charge in [0.05, 0.1) is 11.2 Å². The van der Waals surface area contributed by atoms with Crippen molar-refractivity contribution >= 4 is 5.97 Å². The van der Waals surface area contributed by atoms with Crippen LogP contribution in [0.3, 0.4) is 0 Å². The van der Waals surface area contributed by atoms with Gasteiger partial charge in [-0.15, -0.1) is 0 Å². The molecule has 0 radical (unpaired) electrons. The smallest absolute Gasteiger partial charge is 0.309 e. The summed E-state index contributed by atoms with van der Waals surface area (Å²) in [4.78, 5) is 11.5. The van der Waals surface area contributed by atoms with Crippen LogP contribution in [0, 0.1) is 22.7 Å². The van der Waals surface area contributed by atoms with Gasteiger partial charge in [0.1, 0.15) is 0 Å². The highest BCUT2D eigenvalue weighted by Gasteiger charge is 2.61. The normalized spacial score (nSPS) is 49.2. The third-order valence-electron chi connectivity index (χ3n) is 5.13. The fourth-order valence-electron chi connectivity index (χ4n) is 4.85. The summed E-state index contributed by atoms with van der Waals surface area (Å²) in [6.45, 7) is 3.70. The highest BCUT2D eigenvalue weighted by Crippen LogP contribution is 2.66. The Hall–Kier alpha value is -0.990. The molecule has 4 saturated carbocycles. The van der Waals surface area contributed by atoms with Gasteiger partial charge in [0.25, 0.3) is 0 Å². The van der Waals surface area contributed by atoms with Crippen LogP contribution in [0.2, 0.25) is 0 Å². The van der Waals surface area contributed by atoms with E-state index >= 15 is 0 Å². The lowest BCUT2D eigenvalue weighted by molar-refractivity contribution is -0.173. The molecule has 3 heteroatoms. The van der Waals surface area contributed by atoms with E-state index in [9.17, 15) is 15.0 Å². The third-order valence-corrected chi connectivity index (χ3v) is 5.13. The lowest BCUT2D eigenvalue weighted by Gasteiger charge is -2.60. The van der Waals surface area contributed by atoms with Crippen LogP contribution in [-0.2, 0) is 4.79 Å². The van der Waals surface area contributed by atoms with Gasteiger partial charge in [0, 0.05) is 5.41 Å². The standard InChI is InChI=1S/C13H18O3/c1-8(14)12-3-9-2-10(4-12)6-13(5-9,7-12)11(15)16/h9-10,14H,1-7H2,(H,15,16). The Balaban J connectivity index is 2.03. The molecule has 0 aromatic rings. The van der Waals surface area contributed by atoms with Gasteiger partial charge in [-0.05, 0) is 50.4 Å². The minimum atomic E-state index is -0.660. The monoisotopic (exact) mass is 222 g/mol. The van der Waals surface area contributed by atoms with Crippen molar-refractivity contribution in [2.45, 2.75) is 38.5 Å². The predicted molar refractivity (Wildman–Crippen MR) is 59.0 cm³/mol. The number of carboxylic acid groups (broad SMARTS) is 1. The number of rotatable bonds is 2. The summed E-state index contributed by atoms with van der Waals surface area (Å²) in [5.41, 5.74) is -0.835. The molecule has 4 aliphatic carbocycles. The second-order valence-electron chi connectivity index (χ2n) is 6.27. The fourth-order valence-corrected chi connectivity index (χ4v) is 4.85. The third kappa shape index (κ3) is 1.12. The van der Waals surface area contributed by atoms with Crippen LogP contribution in [0.1, 0.15) is 38.5 Å². The first-order chi connectivity index (χ1) is 7.46. The number of allylic oxidation sites excluding steroid dienone is 1. The minimum Gasteiger partial charge on any atom is -0.512 e. The van der Waals surface area contributed by atoms with E-state index in [-0.39, 0.29) is 11.2 Å². The molecule has 0 aliphatic heterocycles. The topological polar surface area (TPSA) is 57.5 Å². The molecule has 2 N–H and O–H groups in total. The zero-order valence-corrected chi connectivity index (χ0v) is 9.41. The van der Waals surface area contributed by atoms with E-state index in [0.717, 1.165) is 32.1 Å². The largest absolute Gasteiger partial charge is 0.512 e. The summed E-state index contributed by atoms with van der Waals surface area (Å²) in [6, 6.07) is 0. The van der Waals surface area contributed by atoms with Gasteiger partial charge in [0.15, 0.2) is 0 Å². The van der Waals surface area contributed by atoms with Crippen LogP contribution in [0.25, 0.3) is 0 Å². The van der Waals surface area contributed by atoms with E-state index in [0.29, 0.717) is 18.3 Å². The average molecular weight is 222 g/mol. The molecule has 0 saturated heterocycles. The molecule has 0 spiro atoms. The molecule has 0 heterocycles. The molecule has 4 fully saturated rings. The van der Waals surface area contributed by atoms with Crippen molar-refractivity contribution in [2.75, 3.05) is 0 Å². The Morgan fingerprint density at radius 2 is 1.56 bits per heavy atom. The van der Waals surface area contributed by atoms with Crippen LogP contribution < -0.4 is 0 Å². The molecule has 4 bridgehead atoms. The average Bonchev–Trinajstić information content (AvgIpc) is 2.14. The van der Waals surface area contributed by atoms with Gasteiger partial charge in [-0.3, -0.25) is 4.79 Å². The number of hydrogen-bond donors (Lipinski definition) is 2. The Morgan fingerprint density at radius 1 is 1.06 bits per heavy atom.